The standard InChI is InChI=1S/C11H9N3O2S/c12-8-1-3-9(4-2-8)13-7-10-5-6-11(17-10)14(15)16/h1-7H,12H2. The summed E-state index contributed by atoms with van der Waals surface area (Å²) >= 11 is 1.09. The summed E-state index contributed by atoms with van der Waals surface area (Å²) in [6.45, 7) is 0. The van der Waals surface area contributed by atoms with E-state index < -0.39 is 4.92 Å². The number of thiophene rings is 1. The van der Waals surface area contributed by atoms with E-state index in [0.29, 0.717) is 5.69 Å². The lowest BCUT2D eigenvalue weighted by atomic mass is 10.3. The highest BCUT2D eigenvalue weighted by Gasteiger charge is 2.07. The highest BCUT2D eigenvalue weighted by molar-refractivity contribution is 7.16. The largest absolute Gasteiger partial charge is 0.399 e. The molecule has 1 aromatic heterocycles. The summed E-state index contributed by atoms with van der Waals surface area (Å²) in [5.74, 6) is 0. The molecule has 5 nitrogen and oxygen atoms in total. The van der Waals surface area contributed by atoms with Crippen LogP contribution in [0.3, 0.4) is 0 Å². The molecule has 0 saturated carbocycles. The molecule has 86 valence electrons. The van der Waals surface area contributed by atoms with Crippen molar-refractivity contribution in [2.24, 2.45) is 4.99 Å². The van der Waals surface area contributed by atoms with Crippen LogP contribution in [-0.2, 0) is 0 Å². The molecule has 0 aliphatic rings. The van der Waals surface area contributed by atoms with Gasteiger partial charge in [-0.15, -0.1) is 0 Å². The molecule has 0 bridgehead atoms. The van der Waals surface area contributed by atoms with Gasteiger partial charge >= 0.3 is 5.00 Å². The van der Waals surface area contributed by atoms with E-state index in [9.17, 15) is 10.1 Å². The molecule has 2 rings (SSSR count). The Balaban J connectivity index is 2.14. The Morgan fingerprint density at radius 3 is 2.53 bits per heavy atom. The summed E-state index contributed by atoms with van der Waals surface area (Å²) in [6, 6.07) is 10.2. The monoisotopic (exact) mass is 247 g/mol. The second kappa shape index (κ2) is 4.75. The molecule has 6 heteroatoms. The second-order valence-corrected chi connectivity index (χ2v) is 4.38. The number of hydrogen-bond donors (Lipinski definition) is 1. The summed E-state index contributed by atoms with van der Waals surface area (Å²) in [5.41, 5.74) is 6.98. The Morgan fingerprint density at radius 1 is 1.24 bits per heavy atom. The molecule has 2 N–H and O–H groups in total. The molecule has 0 aliphatic heterocycles. The van der Waals surface area contributed by atoms with Gasteiger partial charge in [0.15, 0.2) is 0 Å². The minimum atomic E-state index is -0.411. The van der Waals surface area contributed by atoms with Crippen LogP contribution < -0.4 is 5.73 Å². The second-order valence-electron chi connectivity index (χ2n) is 3.28. The molecule has 0 saturated heterocycles. The molecule has 1 heterocycles. The summed E-state index contributed by atoms with van der Waals surface area (Å²) in [6.07, 6.45) is 1.60. The molecule has 0 aliphatic carbocycles. The third-order valence-corrected chi connectivity index (χ3v) is 3.00. The first-order valence-electron chi connectivity index (χ1n) is 4.79. The highest BCUT2D eigenvalue weighted by Crippen LogP contribution is 2.23. The predicted octanol–water partition coefficient (Wildman–Crippen LogP) is 2.99. The van der Waals surface area contributed by atoms with E-state index in [4.69, 9.17) is 5.73 Å². The number of benzene rings is 1. The van der Waals surface area contributed by atoms with Crippen molar-refractivity contribution in [1.82, 2.24) is 0 Å². The SMILES string of the molecule is Nc1ccc(N=Cc2ccc([N+](=O)[O-])s2)cc1. The average molecular weight is 247 g/mol. The lowest BCUT2D eigenvalue weighted by Crippen LogP contribution is -1.81. The fourth-order valence-corrected chi connectivity index (χ4v) is 1.90. The first kappa shape index (κ1) is 11.3. The molecule has 0 amide bonds. The number of rotatable bonds is 3. The Labute approximate surface area is 101 Å². The van der Waals surface area contributed by atoms with Crippen molar-refractivity contribution in [2.75, 3.05) is 5.73 Å². The van der Waals surface area contributed by atoms with Crippen molar-refractivity contribution in [1.29, 1.82) is 0 Å². The minimum absolute atomic E-state index is 0.115. The summed E-state index contributed by atoms with van der Waals surface area (Å²) in [4.78, 5) is 15.0. The van der Waals surface area contributed by atoms with Crippen molar-refractivity contribution in [3.8, 4) is 0 Å². The van der Waals surface area contributed by atoms with Crippen molar-refractivity contribution in [2.45, 2.75) is 0 Å². The Hall–Kier alpha value is -2.21. The smallest absolute Gasteiger partial charge is 0.324 e. The zero-order valence-corrected chi connectivity index (χ0v) is 9.55. The van der Waals surface area contributed by atoms with Gasteiger partial charge in [-0.3, -0.25) is 15.1 Å². The van der Waals surface area contributed by atoms with E-state index >= 15 is 0 Å². The molecular weight excluding hydrogens is 238 g/mol. The van der Waals surface area contributed by atoms with E-state index in [2.05, 4.69) is 4.99 Å². The Morgan fingerprint density at radius 2 is 1.94 bits per heavy atom. The number of nitrogen functional groups attached to an aromatic ring is 1. The predicted molar refractivity (Wildman–Crippen MR) is 69.1 cm³/mol. The van der Waals surface area contributed by atoms with Crippen molar-refractivity contribution < 1.29 is 4.92 Å². The van der Waals surface area contributed by atoms with Crippen LogP contribution in [0.2, 0.25) is 0 Å². The maximum Gasteiger partial charge on any atom is 0.324 e. The summed E-state index contributed by atoms with van der Waals surface area (Å²) in [5, 5.41) is 10.6. The van der Waals surface area contributed by atoms with Gasteiger partial charge in [-0.2, -0.15) is 0 Å². The van der Waals surface area contributed by atoms with Crippen LogP contribution in [0, 0.1) is 10.1 Å². The van der Waals surface area contributed by atoms with Gasteiger partial charge in [0.05, 0.1) is 15.5 Å². The molecule has 1 aromatic carbocycles. The highest BCUT2D eigenvalue weighted by atomic mass is 32.1. The van der Waals surface area contributed by atoms with Gasteiger partial charge in [-0.1, -0.05) is 11.3 Å². The number of hydrogen-bond acceptors (Lipinski definition) is 5. The van der Waals surface area contributed by atoms with Crippen molar-refractivity contribution in [3.05, 3.63) is 51.4 Å². The first-order chi connectivity index (χ1) is 8.15. The van der Waals surface area contributed by atoms with Gasteiger partial charge in [-0.25, -0.2) is 0 Å². The van der Waals surface area contributed by atoms with E-state index in [0.717, 1.165) is 21.9 Å². The molecule has 0 unspecified atom stereocenters. The van der Waals surface area contributed by atoms with Crippen LogP contribution >= 0.6 is 11.3 Å². The quantitative estimate of drug-likeness (QED) is 0.392. The van der Waals surface area contributed by atoms with Crippen LogP contribution in [-0.4, -0.2) is 11.1 Å². The average Bonchev–Trinajstić information content (AvgIpc) is 2.77. The zero-order chi connectivity index (χ0) is 12.3. The van der Waals surface area contributed by atoms with Crippen molar-refractivity contribution >= 4 is 33.9 Å². The molecule has 0 fully saturated rings. The van der Waals surface area contributed by atoms with Gasteiger partial charge in [0.1, 0.15) is 0 Å². The molecule has 17 heavy (non-hydrogen) atoms. The Kier molecular flexibility index (Phi) is 3.15. The van der Waals surface area contributed by atoms with Crippen LogP contribution in [0.5, 0.6) is 0 Å². The van der Waals surface area contributed by atoms with Crippen LogP contribution in [0.1, 0.15) is 4.88 Å². The topological polar surface area (TPSA) is 81.5 Å². The number of nitrogens with two attached hydrogens (primary N) is 1. The van der Waals surface area contributed by atoms with E-state index in [1.54, 1.807) is 36.5 Å². The van der Waals surface area contributed by atoms with Crippen LogP contribution in [0.25, 0.3) is 0 Å². The fourth-order valence-electron chi connectivity index (χ4n) is 1.21. The lowest BCUT2D eigenvalue weighted by molar-refractivity contribution is -0.380. The van der Waals surface area contributed by atoms with Crippen LogP contribution in [0.4, 0.5) is 16.4 Å². The van der Waals surface area contributed by atoms with Crippen molar-refractivity contribution in [3.63, 3.8) is 0 Å². The van der Waals surface area contributed by atoms with E-state index in [-0.39, 0.29) is 5.00 Å². The summed E-state index contributed by atoms with van der Waals surface area (Å²) in [7, 11) is 0. The maximum atomic E-state index is 10.5. The number of nitrogens with zero attached hydrogens (tertiary/aromatic N) is 2. The van der Waals surface area contributed by atoms with E-state index in [1.807, 2.05) is 0 Å². The molecular formula is C11H9N3O2S. The molecule has 2 aromatic rings. The van der Waals surface area contributed by atoms with Gasteiger partial charge < -0.3 is 5.73 Å². The first-order valence-corrected chi connectivity index (χ1v) is 5.60. The van der Waals surface area contributed by atoms with Gasteiger partial charge in [-0.05, 0) is 30.3 Å². The van der Waals surface area contributed by atoms with Gasteiger partial charge in [0, 0.05) is 18.0 Å². The Bertz CT molecular complexity index is 560. The maximum absolute atomic E-state index is 10.5. The minimum Gasteiger partial charge on any atom is -0.399 e. The lowest BCUT2D eigenvalue weighted by Gasteiger charge is -1.93. The summed E-state index contributed by atoms with van der Waals surface area (Å²) < 4.78 is 0. The number of anilines is 1. The normalized spacial score (nSPS) is 10.8. The van der Waals surface area contributed by atoms with Gasteiger partial charge in [0.25, 0.3) is 0 Å². The molecule has 0 spiro atoms. The number of aliphatic imine (C=N–C) groups is 1. The van der Waals surface area contributed by atoms with E-state index in [1.165, 1.54) is 6.07 Å². The third kappa shape index (κ3) is 2.88. The fraction of sp³-hybridized carbons (Fsp3) is 0. The molecule has 0 radical (unpaired) electrons. The van der Waals surface area contributed by atoms with Crippen LogP contribution in [0.15, 0.2) is 41.4 Å². The van der Waals surface area contributed by atoms with Gasteiger partial charge in [0.2, 0.25) is 0 Å². The molecule has 0 atom stereocenters. The zero-order valence-electron chi connectivity index (χ0n) is 8.74. The third-order valence-electron chi connectivity index (χ3n) is 2.03. The number of nitro groups is 1.